The molecule has 0 aromatic carbocycles. The van der Waals surface area contributed by atoms with Crippen molar-refractivity contribution in [3.63, 3.8) is 0 Å². The first-order chi connectivity index (χ1) is 13.7. The molecule has 3 nitrogen and oxygen atoms in total. The van der Waals surface area contributed by atoms with Crippen LogP contribution in [0, 0.1) is 6.92 Å². The number of rotatable bonds is 9. The van der Waals surface area contributed by atoms with Gasteiger partial charge in [0, 0.05) is 12.2 Å². The minimum atomic E-state index is -7.95. The van der Waals surface area contributed by atoms with Gasteiger partial charge in [-0.3, -0.25) is 0 Å². The molecule has 0 spiro atoms. The van der Waals surface area contributed by atoms with E-state index in [1.165, 1.54) is 0 Å². The maximum absolute atomic E-state index is 14.2. The highest BCUT2D eigenvalue weighted by atomic mass is 19.4. The second-order valence-corrected chi connectivity index (χ2v) is 6.37. The highest BCUT2D eigenvalue weighted by molar-refractivity contribution is 5.31. The van der Waals surface area contributed by atoms with Crippen LogP contribution in [-0.2, 0) is 5.92 Å². The molecule has 1 heterocycles. The number of nitrogens with one attached hydrogen (secondary N) is 1. The van der Waals surface area contributed by atoms with Gasteiger partial charge in [0.1, 0.15) is 5.69 Å². The molecular weight excluding hydrogens is 469 g/mol. The largest absolute Gasteiger partial charge is 0.460 e. The van der Waals surface area contributed by atoms with E-state index in [0.717, 1.165) is 6.92 Å². The molecular formula is C15H14F13N3. The third-order valence-corrected chi connectivity index (χ3v) is 3.92. The molecule has 0 atom stereocenters. The van der Waals surface area contributed by atoms with Crippen LogP contribution in [0.2, 0.25) is 0 Å². The molecule has 0 aliphatic rings. The standard InChI is InChI=1S/C15H14F13N3/c1-3-4-5-29-9-30-7(2)6-8(31-9)10(16,17)11(18,19)12(20,21)13(22,23)14(24,25)15(26,27)28/h6H,3-5H2,1-2H3,(H,29,30,31). The van der Waals surface area contributed by atoms with Gasteiger partial charge in [0.2, 0.25) is 5.95 Å². The van der Waals surface area contributed by atoms with Crippen molar-refractivity contribution >= 4 is 5.95 Å². The zero-order valence-electron chi connectivity index (χ0n) is 15.5. The number of alkyl halides is 13. The Hall–Kier alpha value is -2.03. The third kappa shape index (κ3) is 4.33. The first-order valence-corrected chi connectivity index (χ1v) is 8.24. The summed E-state index contributed by atoms with van der Waals surface area (Å²) in [6, 6.07) is -0.0327. The van der Waals surface area contributed by atoms with Gasteiger partial charge in [-0.05, 0) is 19.4 Å². The van der Waals surface area contributed by atoms with Crippen molar-refractivity contribution in [2.24, 2.45) is 0 Å². The van der Waals surface area contributed by atoms with Gasteiger partial charge in [-0.15, -0.1) is 0 Å². The molecule has 0 saturated heterocycles. The fraction of sp³-hybridized carbons (Fsp3) is 0.733. The van der Waals surface area contributed by atoms with Gasteiger partial charge >= 0.3 is 35.8 Å². The molecule has 0 radical (unpaired) electrons. The van der Waals surface area contributed by atoms with Gasteiger partial charge < -0.3 is 5.32 Å². The molecule has 1 N–H and O–H groups in total. The van der Waals surface area contributed by atoms with Gasteiger partial charge in [0.15, 0.2) is 0 Å². The molecule has 0 aliphatic carbocycles. The minimum absolute atomic E-state index is 0.00655. The van der Waals surface area contributed by atoms with E-state index in [1.54, 1.807) is 6.92 Å². The van der Waals surface area contributed by atoms with Crippen molar-refractivity contribution in [2.75, 3.05) is 11.9 Å². The topological polar surface area (TPSA) is 37.8 Å². The summed E-state index contributed by atoms with van der Waals surface area (Å²) in [5.74, 6) is -38.2. The number of aromatic nitrogens is 2. The monoisotopic (exact) mass is 483 g/mol. The Balaban J connectivity index is 3.53. The van der Waals surface area contributed by atoms with Crippen molar-refractivity contribution in [1.29, 1.82) is 0 Å². The van der Waals surface area contributed by atoms with Crippen molar-refractivity contribution in [3.8, 4) is 0 Å². The van der Waals surface area contributed by atoms with Gasteiger partial charge in [0.25, 0.3) is 0 Å². The number of nitrogens with zero attached hydrogens (tertiary/aromatic N) is 2. The van der Waals surface area contributed by atoms with Gasteiger partial charge in [-0.1, -0.05) is 13.3 Å². The lowest BCUT2D eigenvalue weighted by atomic mass is 9.92. The van der Waals surface area contributed by atoms with E-state index in [2.05, 4.69) is 15.3 Å². The smallest absolute Gasteiger partial charge is 0.354 e. The van der Waals surface area contributed by atoms with E-state index in [9.17, 15) is 57.1 Å². The maximum Gasteiger partial charge on any atom is 0.460 e. The molecule has 0 saturated carbocycles. The molecule has 0 aliphatic heterocycles. The van der Waals surface area contributed by atoms with Crippen molar-refractivity contribution in [1.82, 2.24) is 9.97 Å². The fourth-order valence-electron chi connectivity index (χ4n) is 2.12. The van der Waals surface area contributed by atoms with Crippen LogP contribution in [0.4, 0.5) is 63.0 Å². The van der Waals surface area contributed by atoms with Crippen LogP contribution in [0.3, 0.4) is 0 Å². The SMILES string of the molecule is CCCCNc1nc(C)cc(C(F)(F)C(F)(F)C(F)(F)C(F)(F)C(F)(F)C(F)(F)F)n1. The Morgan fingerprint density at radius 2 is 1.23 bits per heavy atom. The van der Waals surface area contributed by atoms with Crippen molar-refractivity contribution in [2.45, 2.75) is 62.5 Å². The molecule has 1 rings (SSSR count). The second-order valence-electron chi connectivity index (χ2n) is 6.37. The summed E-state index contributed by atoms with van der Waals surface area (Å²) in [6.07, 6.45) is -6.52. The highest BCUT2D eigenvalue weighted by Gasteiger charge is 2.91. The number of aryl methyl sites for hydroxylation is 1. The lowest BCUT2D eigenvalue weighted by Crippen LogP contribution is -2.69. The van der Waals surface area contributed by atoms with E-state index in [4.69, 9.17) is 0 Å². The first kappa shape index (κ1) is 27.0. The zero-order chi connectivity index (χ0) is 24.7. The minimum Gasteiger partial charge on any atom is -0.354 e. The maximum atomic E-state index is 14.2. The van der Waals surface area contributed by atoms with Crippen LogP contribution in [0.1, 0.15) is 31.2 Å². The molecule has 16 heteroatoms. The van der Waals surface area contributed by atoms with Gasteiger partial charge in [-0.2, -0.15) is 57.1 Å². The summed E-state index contributed by atoms with van der Waals surface area (Å²) in [5.41, 5.74) is -2.84. The van der Waals surface area contributed by atoms with E-state index in [1.807, 2.05) is 0 Å². The number of unbranched alkanes of at least 4 members (excludes halogenated alkanes) is 1. The van der Waals surface area contributed by atoms with Crippen LogP contribution in [-0.4, -0.2) is 46.4 Å². The molecule has 1 aromatic heterocycles. The predicted molar refractivity (Wildman–Crippen MR) is 79.9 cm³/mol. The Labute approximate surface area is 166 Å². The lowest BCUT2D eigenvalue weighted by Gasteiger charge is -2.39. The predicted octanol–water partition coefficient (Wildman–Crippen LogP) is 6.19. The summed E-state index contributed by atoms with van der Waals surface area (Å²) < 4.78 is 172. The molecule has 1 aromatic rings. The second kappa shape index (κ2) is 8.15. The average Bonchev–Trinajstić information content (AvgIpc) is 2.59. The molecule has 0 unspecified atom stereocenters. The third-order valence-electron chi connectivity index (χ3n) is 3.92. The Morgan fingerprint density at radius 1 is 0.742 bits per heavy atom. The number of hydrogen-bond acceptors (Lipinski definition) is 3. The molecule has 0 bridgehead atoms. The first-order valence-electron chi connectivity index (χ1n) is 8.24. The van der Waals surface area contributed by atoms with Crippen LogP contribution in [0.15, 0.2) is 6.07 Å². The van der Waals surface area contributed by atoms with E-state index >= 15 is 0 Å². The normalized spacial score (nSPS) is 14.7. The Morgan fingerprint density at radius 3 is 1.68 bits per heavy atom. The lowest BCUT2D eigenvalue weighted by molar-refractivity contribution is -0.442. The molecule has 0 fully saturated rings. The summed E-state index contributed by atoms with van der Waals surface area (Å²) in [7, 11) is 0. The number of halogens is 13. The van der Waals surface area contributed by atoms with Gasteiger partial charge in [0.05, 0.1) is 0 Å². The molecule has 31 heavy (non-hydrogen) atoms. The molecule has 0 amide bonds. The van der Waals surface area contributed by atoms with E-state index in [0.29, 0.717) is 12.8 Å². The highest BCUT2D eigenvalue weighted by Crippen LogP contribution is 2.61. The van der Waals surface area contributed by atoms with Crippen LogP contribution in [0.5, 0.6) is 0 Å². The Bertz CT molecular complexity index is 774. The number of anilines is 1. The molecule has 180 valence electrons. The fourth-order valence-corrected chi connectivity index (χ4v) is 2.12. The zero-order valence-corrected chi connectivity index (χ0v) is 15.5. The van der Waals surface area contributed by atoms with Crippen molar-refractivity contribution < 1.29 is 57.1 Å². The van der Waals surface area contributed by atoms with E-state index in [-0.39, 0.29) is 12.6 Å². The van der Waals surface area contributed by atoms with E-state index < -0.39 is 53.1 Å². The summed E-state index contributed by atoms with van der Waals surface area (Å²) in [5, 5.41) is 2.26. The number of hydrogen-bond donors (Lipinski definition) is 1. The van der Waals surface area contributed by atoms with Crippen LogP contribution >= 0.6 is 0 Å². The van der Waals surface area contributed by atoms with Gasteiger partial charge in [-0.25, -0.2) is 9.97 Å². The quantitative estimate of drug-likeness (QED) is 0.336. The average molecular weight is 483 g/mol. The van der Waals surface area contributed by atoms with Crippen molar-refractivity contribution in [3.05, 3.63) is 17.5 Å². The summed E-state index contributed by atoms with van der Waals surface area (Å²) >= 11 is 0. The summed E-state index contributed by atoms with van der Waals surface area (Å²) in [6.45, 7) is 2.58. The Kier molecular flexibility index (Phi) is 7.10. The van der Waals surface area contributed by atoms with Crippen LogP contribution in [0.25, 0.3) is 0 Å². The van der Waals surface area contributed by atoms with Crippen LogP contribution < -0.4 is 5.32 Å². The summed E-state index contributed by atoms with van der Waals surface area (Å²) in [4.78, 5) is 6.29.